The maximum atomic E-state index is 10.5. The van der Waals surface area contributed by atoms with Gasteiger partial charge in [0.15, 0.2) is 6.20 Å². The Bertz CT molecular complexity index is 552. The Kier molecular flexibility index (Phi) is 3.77. The minimum absolute atomic E-state index is 0.199. The number of pyridine rings is 1. The van der Waals surface area contributed by atoms with Gasteiger partial charge in [-0.15, -0.1) is 0 Å². The Balaban J connectivity index is 2.00. The number of nitrogens with one attached hydrogen (secondary N) is 1. The molecule has 2 heterocycles. The van der Waals surface area contributed by atoms with Crippen LogP contribution < -0.4 is 5.32 Å². The second-order valence-electron chi connectivity index (χ2n) is 4.30. The van der Waals surface area contributed by atoms with Crippen molar-refractivity contribution in [3.63, 3.8) is 0 Å². The predicted molar refractivity (Wildman–Crippen MR) is 73.3 cm³/mol. The Morgan fingerprint density at radius 2 is 2.32 bits per heavy atom. The van der Waals surface area contributed by atoms with Crippen molar-refractivity contribution in [2.45, 2.75) is 12.5 Å². The van der Waals surface area contributed by atoms with E-state index >= 15 is 0 Å². The minimum atomic E-state index is -0.998. The largest absolute Gasteiger partial charge is 0.384 e. The van der Waals surface area contributed by atoms with Gasteiger partial charge >= 0.3 is 5.82 Å². The summed E-state index contributed by atoms with van der Waals surface area (Å²) in [4.78, 5) is 13.6. The van der Waals surface area contributed by atoms with Crippen molar-refractivity contribution in [2.75, 3.05) is 11.9 Å². The third-order valence-corrected chi connectivity index (χ3v) is 3.40. The summed E-state index contributed by atoms with van der Waals surface area (Å²) in [5.41, 5.74) is 0.461. The summed E-state index contributed by atoms with van der Waals surface area (Å²) < 4.78 is 0. The summed E-state index contributed by atoms with van der Waals surface area (Å²) in [6.45, 7) is 2.00. The van der Waals surface area contributed by atoms with Gasteiger partial charge in [0.05, 0.1) is 5.69 Å². The molecule has 0 aliphatic carbocycles. The molecule has 1 atom stereocenters. The molecule has 0 amide bonds. The third-order valence-electron chi connectivity index (χ3n) is 2.71. The maximum absolute atomic E-state index is 10.5. The van der Waals surface area contributed by atoms with Crippen LogP contribution in [0.4, 0.5) is 11.5 Å². The van der Waals surface area contributed by atoms with Gasteiger partial charge in [-0.1, -0.05) is 0 Å². The second kappa shape index (κ2) is 5.33. The van der Waals surface area contributed by atoms with Crippen LogP contribution in [0.5, 0.6) is 0 Å². The van der Waals surface area contributed by atoms with Crippen molar-refractivity contribution >= 4 is 22.8 Å². The molecule has 0 aliphatic rings. The summed E-state index contributed by atoms with van der Waals surface area (Å²) >= 11 is 1.52. The average Bonchev–Trinajstić information content (AvgIpc) is 2.91. The Morgan fingerprint density at radius 1 is 1.53 bits per heavy atom. The molecule has 0 fully saturated rings. The first-order valence-electron chi connectivity index (χ1n) is 5.58. The molecular weight excluding hydrogens is 266 g/mol. The van der Waals surface area contributed by atoms with Gasteiger partial charge in [0, 0.05) is 12.6 Å². The highest BCUT2D eigenvalue weighted by molar-refractivity contribution is 7.08. The van der Waals surface area contributed by atoms with E-state index in [1.54, 1.807) is 13.0 Å². The molecule has 6 nitrogen and oxygen atoms in total. The first-order valence-corrected chi connectivity index (χ1v) is 6.53. The average molecular weight is 279 g/mol. The molecule has 0 unspecified atom stereocenters. The van der Waals surface area contributed by atoms with E-state index in [0.29, 0.717) is 12.2 Å². The van der Waals surface area contributed by atoms with Crippen molar-refractivity contribution in [3.8, 4) is 0 Å². The van der Waals surface area contributed by atoms with E-state index < -0.39 is 10.5 Å². The standard InChI is InChI=1S/C12H13N3O3S/c1-12(16,9-4-5-19-7-9)8-14-10-2-3-11(13-6-10)15(17)18/h2-7,14,16H,8H2,1H3/t12-/m0/s1. The van der Waals surface area contributed by atoms with Gasteiger partial charge < -0.3 is 20.5 Å². The molecule has 7 heteroatoms. The monoisotopic (exact) mass is 279 g/mol. The van der Waals surface area contributed by atoms with Crippen LogP contribution in [0, 0.1) is 10.1 Å². The number of anilines is 1. The Labute approximate surface area is 113 Å². The normalized spacial score (nSPS) is 13.8. The molecule has 19 heavy (non-hydrogen) atoms. The first-order chi connectivity index (χ1) is 8.99. The Morgan fingerprint density at radius 3 is 2.84 bits per heavy atom. The molecule has 2 rings (SSSR count). The third kappa shape index (κ3) is 3.27. The quantitative estimate of drug-likeness (QED) is 0.648. The van der Waals surface area contributed by atoms with Crippen LogP contribution in [-0.2, 0) is 5.60 Å². The highest BCUT2D eigenvalue weighted by atomic mass is 32.1. The van der Waals surface area contributed by atoms with E-state index in [-0.39, 0.29) is 5.82 Å². The fourth-order valence-corrected chi connectivity index (χ4v) is 2.33. The lowest BCUT2D eigenvalue weighted by atomic mass is 9.99. The fourth-order valence-electron chi connectivity index (χ4n) is 1.55. The number of hydrogen-bond acceptors (Lipinski definition) is 6. The first kappa shape index (κ1) is 13.4. The molecule has 0 aromatic carbocycles. The lowest BCUT2D eigenvalue weighted by molar-refractivity contribution is -0.389. The van der Waals surface area contributed by atoms with Crippen LogP contribution in [-0.4, -0.2) is 21.6 Å². The van der Waals surface area contributed by atoms with Crippen LogP contribution in [0.15, 0.2) is 35.2 Å². The van der Waals surface area contributed by atoms with Crippen LogP contribution >= 0.6 is 11.3 Å². The fraction of sp³-hybridized carbons (Fsp3) is 0.250. The molecule has 0 saturated heterocycles. The second-order valence-corrected chi connectivity index (χ2v) is 5.08. The van der Waals surface area contributed by atoms with Crippen LogP contribution in [0.3, 0.4) is 0 Å². The van der Waals surface area contributed by atoms with Crippen LogP contribution in [0.25, 0.3) is 0 Å². The smallest absolute Gasteiger partial charge is 0.363 e. The minimum Gasteiger partial charge on any atom is -0.384 e. The SMILES string of the molecule is C[C@](O)(CNc1ccc([N+](=O)[O-])nc1)c1ccsc1. The molecule has 100 valence electrons. The molecule has 0 radical (unpaired) electrons. The lowest BCUT2D eigenvalue weighted by Crippen LogP contribution is -2.30. The van der Waals surface area contributed by atoms with E-state index in [1.807, 2.05) is 16.8 Å². The topological polar surface area (TPSA) is 88.3 Å². The van der Waals surface area contributed by atoms with Crippen molar-refractivity contribution < 1.29 is 10.0 Å². The molecule has 0 aliphatic heterocycles. The van der Waals surface area contributed by atoms with Gasteiger partial charge in [0.2, 0.25) is 0 Å². The molecule has 2 N–H and O–H groups in total. The number of hydrogen-bond donors (Lipinski definition) is 2. The zero-order valence-corrected chi connectivity index (χ0v) is 11.1. The highest BCUT2D eigenvalue weighted by Crippen LogP contribution is 2.23. The summed E-state index contributed by atoms with van der Waals surface area (Å²) in [6.07, 6.45) is 1.38. The number of aliphatic hydroxyl groups is 1. The zero-order valence-electron chi connectivity index (χ0n) is 10.2. The van der Waals surface area contributed by atoms with Crippen molar-refractivity contribution in [1.29, 1.82) is 0 Å². The molecular formula is C12H13N3O3S. The van der Waals surface area contributed by atoms with Crippen molar-refractivity contribution in [3.05, 3.63) is 50.8 Å². The van der Waals surface area contributed by atoms with Gasteiger partial charge in [-0.05, 0) is 45.3 Å². The number of nitrogens with zero attached hydrogens (tertiary/aromatic N) is 2. The summed E-state index contributed by atoms with van der Waals surface area (Å²) in [5.74, 6) is -0.199. The van der Waals surface area contributed by atoms with E-state index in [1.165, 1.54) is 23.6 Å². The van der Waals surface area contributed by atoms with Crippen LogP contribution in [0.2, 0.25) is 0 Å². The number of rotatable bonds is 5. The Hall–Kier alpha value is -1.99. The van der Waals surface area contributed by atoms with E-state index in [4.69, 9.17) is 0 Å². The predicted octanol–water partition coefficient (Wildman–Crippen LogP) is 2.37. The van der Waals surface area contributed by atoms with Gasteiger partial charge in [-0.25, -0.2) is 0 Å². The van der Waals surface area contributed by atoms with Gasteiger partial charge in [-0.3, -0.25) is 0 Å². The van der Waals surface area contributed by atoms with E-state index in [9.17, 15) is 15.2 Å². The van der Waals surface area contributed by atoms with E-state index in [2.05, 4.69) is 10.3 Å². The lowest BCUT2D eigenvalue weighted by Gasteiger charge is -2.23. The summed E-state index contributed by atoms with van der Waals surface area (Å²) in [7, 11) is 0. The van der Waals surface area contributed by atoms with E-state index in [0.717, 1.165) is 5.56 Å². The van der Waals surface area contributed by atoms with Gasteiger partial charge in [0.25, 0.3) is 0 Å². The number of nitro groups is 1. The highest BCUT2D eigenvalue weighted by Gasteiger charge is 2.23. The van der Waals surface area contributed by atoms with Gasteiger partial charge in [0.1, 0.15) is 5.60 Å². The summed E-state index contributed by atoms with van der Waals surface area (Å²) in [6, 6.07) is 4.75. The van der Waals surface area contributed by atoms with Gasteiger partial charge in [-0.2, -0.15) is 11.3 Å². The molecule has 2 aromatic rings. The zero-order chi connectivity index (χ0) is 13.9. The molecule has 0 saturated carbocycles. The summed E-state index contributed by atoms with van der Waals surface area (Å²) in [5, 5.41) is 27.6. The number of thiophene rings is 1. The van der Waals surface area contributed by atoms with Crippen LogP contribution in [0.1, 0.15) is 12.5 Å². The molecule has 0 bridgehead atoms. The maximum Gasteiger partial charge on any atom is 0.363 e. The number of aromatic nitrogens is 1. The molecule has 2 aromatic heterocycles. The van der Waals surface area contributed by atoms with Crippen molar-refractivity contribution in [1.82, 2.24) is 4.98 Å². The molecule has 0 spiro atoms. The van der Waals surface area contributed by atoms with Crippen molar-refractivity contribution in [2.24, 2.45) is 0 Å².